The summed E-state index contributed by atoms with van der Waals surface area (Å²) < 4.78 is 27.0. The zero-order valence-corrected chi connectivity index (χ0v) is 12.6. The van der Waals surface area contributed by atoms with Gasteiger partial charge in [0, 0.05) is 6.54 Å². The van der Waals surface area contributed by atoms with Crippen LogP contribution < -0.4 is 10.5 Å². The van der Waals surface area contributed by atoms with Crippen LogP contribution >= 0.6 is 11.8 Å². The summed E-state index contributed by atoms with van der Waals surface area (Å²) in [7, 11) is -3.51. The molecule has 0 saturated carbocycles. The lowest BCUT2D eigenvalue weighted by molar-refractivity contribution is 0.581. The standard InChI is InChI=1S/C12H20N2O2S2/c1-9-5-6-10(2)12(11(9)13)18(15,16)14-7-4-8-17-3/h5-6,14H,4,7-8,13H2,1-3H3. The third-order valence-corrected chi connectivity index (χ3v) is 5.06. The molecule has 0 aliphatic rings. The fourth-order valence-electron chi connectivity index (χ4n) is 1.66. The zero-order valence-electron chi connectivity index (χ0n) is 11.0. The number of thioether (sulfide) groups is 1. The van der Waals surface area contributed by atoms with Crippen molar-refractivity contribution >= 4 is 27.5 Å². The van der Waals surface area contributed by atoms with E-state index in [0.29, 0.717) is 17.8 Å². The van der Waals surface area contributed by atoms with Crippen LogP contribution in [0.3, 0.4) is 0 Å². The normalized spacial score (nSPS) is 11.7. The van der Waals surface area contributed by atoms with Gasteiger partial charge in [0.2, 0.25) is 10.0 Å². The van der Waals surface area contributed by atoms with Gasteiger partial charge in [-0.1, -0.05) is 12.1 Å². The Bertz CT molecular complexity index is 513. The number of rotatable bonds is 6. The maximum atomic E-state index is 12.2. The first kappa shape index (κ1) is 15.3. The third-order valence-electron chi connectivity index (χ3n) is 2.70. The molecule has 0 radical (unpaired) electrons. The number of nitrogen functional groups attached to an aromatic ring is 1. The zero-order chi connectivity index (χ0) is 13.8. The minimum absolute atomic E-state index is 0.214. The average Bonchev–Trinajstić information content (AvgIpc) is 2.30. The number of nitrogens with one attached hydrogen (secondary N) is 1. The van der Waals surface area contributed by atoms with Crippen LogP contribution in [0.15, 0.2) is 17.0 Å². The molecule has 3 N–H and O–H groups in total. The van der Waals surface area contributed by atoms with Crippen LogP contribution in [-0.2, 0) is 10.0 Å². The smallest absolute Gasteiger partial charge is 0.242 e. The summed E-state index contributed by atoms with van der Waals surface area (Å²) in [4.78, 5) is 0.214. The lowest BCUT2D eigenvalue weighted by atomic mass is 10.1. The van der Waals surface area contributed by atoms with Crippen molar-refractivity contribution < 1.29 is 8.42 Å². The van der Waals surface area contributed by atoms with Crippen molar-refractivity contribution in [2.75, 3.05) is 24.3 Å². The van der Waals surface area contributed by atoms with Gasteiger partial charge in [-0.2, -0.15) is 11.8 Å². The van der Waals surface area contributed by atoms with E-state index >= 15 is 0 Å². The van der Waals surface area contributed by atoms with Crippen molar-refractivity contribution in [2.24, 2.45) is 0 Å². The molecule has 6 heteroatoms. The van der Waals surface area contributed by atoms with Crippen LogP contribution in [0, 0.1) is 13.8 Å². The highest BCUT2D eigenvalue weighted by atomic mass is 32.2. The molecule has 0 fully saturated rings. The van der Waals surface area contributed by atoms with Crippen molar-refractivity contribution in [3.05, 3.63) is 23.3 Å². The SMILES string of the molecule is CSCCCNS(=O)(=O)c1c(C)ccc(C)c1N. The quantitative estimate of drug-likeness (QED) is 0.619. The number of nitrogens with two attached hydrogens (primary N) is 1. The highest BCUT2D eigenvalue weighted by Gasteiger charge is 2.20. The molecule has 0 bridgehead atoms. The molecule has 0 spiro atoms. The molecular weight excluding hydrogens is 268 g/mol. The summed E-state index contributed by atoms with van der Waals surface area (Å²) in [5.41, 5.74) is 7.68. The van der Waals surface area contributed by atoms with E-state index in [1.54, 1.807) is 24.8 Å². The molecule has 1 aromatic carbocycles. The highest BCUT2D eigenvalue weighted by molar-refractivity contribution is 7.98. The van der Waals surface area contributed by atoms with E-state index in [2.05, 4.69) is 4.72 Å². The molecule has 0 aromatic heterocycles. The molecule has 18 heavy (non-hydrogen) atoms. The second kappa shape index (κ2) is 6.45. The summed E-state index contributed by atoms with van der Waals surface area (Å²) in [5, 5.41) is 0. The average molecular weight is 288 g/mol. The summed E-state index contributed by atoms with van der Waals surface area (Å²) in [6, 6.07) is 3.61. The Morgan fingerprint density at radius 1 is 1.28 bits per heavy atom. The number of benzene rings is 1. The van der Waals surface area contributed by atoms with Gasteiger partial charge in [0.05, 0.1) is 5.69 Å². The fraction of sp³-hybridized carbons (Fsp3) is 0.500. The molecule has 1 rings (SSSR count). The van der Waals surface area contributed by atoms with Gasteiger partial charge in [0.1, 0.15) is 4.90 Å². The summed E-state index contributed by atoms with van der Waals surface area (Å²) in [6.07, 6.45) is 2.81. The second-order valence-corrected chi connectivity index (χ2v) is 6.88. The van der Waals surface area contributed by atoms with E-state index in [1.165, 1.54) is 0 Å². The van der Waals surface area contributed by atoms with Crippen LogP contribution in [0.1, 0.15) is 17.5 Å². The van der Waals surface area contributed by atoms with Crippen molar-refractivity contribution in [3.8, 4) is 0 Å². The summed E-state index contributed by atoms with van der Waals surface area (Å²) in [5.74, 6) is 0.935. The Morgan fingerprint density at radius 2 is 1.89 bits per heavy atom. The molecule has 0 aliphatic heterocycles. The summed E-state index contributed by atoms with van der Waals surface area (Å²) >= 11 is 1.70. The molecule has 0 aliphatic carbocycles. The largest absolute Gasteiger partial charge is 0.397 e. The van der Waals surface area contributed by atoms with Crippen molar-refractivity contribution in [1.82, 2.24) is 4.72 Å². The van der Waals surface area contributed by atoms with E-state index in [9.17, 15) is 8.42 Å². The predicted molar refractivity (Wildman–Crippen MR) is 78.5 cm³/mol. The van der Waals surface area contributed by atoms with E-state index in [0.717, 1.165) is 17.7 Å². The molecule has 0 unspecified atom stereocenters. The van der Waals surface area contributed by atoms with Gasteiger partial charge in [-0.15, -0.1) is 0 Å². The first-order valence-corrected chi connectivity index (χ1v) is 8.62. The first-order chi connectivity index (χ1) is 8.40. The number of hydrogen-bond donors (Lipinski definition) is 2. The van der Waals surface area contributed by atoms with Crippen LogP contribution in [0.2, 0.25) is 0 Å². The number of anilines is 1. The summed E-state index contributed by atoms with van der Waals surface area (Å²) in [6.45, 7) is 4.00. The third kappa shape index (κ3) is 3.63. The van der Waals surface area contributed by atoms with Crippen molar-refractivity contribution in [3.63, 3.8) is 0 Å². The maximum Gasteiger partial charge on any atom is 0.242 e. The van der Waals surface area contributed by atoms with Gasteiger partial charge in [0.25, 0.3) is 0 Å². The second-order valence-electron chi connectivity index (χ2n) is 4.19. The Labute approximate surface area is 113 Å². The van der Waals surface area contributed by atoms with Crippen LogP contribution in [0.25, 0.3) is 0 Å². The molecule has 1 aromatic rings. The van der Waals surface area contributed by atoms with E-state index in [-0.39, 0.29) is 4.90 Å². The lowest BCUT2D eigenvalue weighted by Gasteiger charge is -2.13. The van der Waals surface area contributed by atoms with Crippen LogP contribution in [-0.4, -0.2) is 27.0 Å². The fourth-order valence-corrected chi connectivity index (χ4v) is 3.59. The minimum atomic E-state index is -3.51. The van der Waals surface area contributed by atoms with Crippen LogP contribution in [0.5, 0.6) is 0 Å². The molecule has 0 saturated heterocycles. The highest BCUT2D eigenvalue weighted by Crippen LogP contribution is 2.25. The van der Waals surface area contributed by atoms with Crippen molar-refractivity contribution in [2.45, 2.75) is 25.2 Å². The molecule has 102 valence electrons. The first-order valence-electron chi connectivity index (χ1n) is 5.74. The topological polar surface area (TPSA) is 72.2 Å². The number of sulfonamides is 1. The monoisotopic (exact) mass is 288 g/mol. The van der Waals surface area contributed by atoms with Crippen molar-refractivity contribution in [1.29, 1.82) is 0 Å². The Kier molecular flexibility index (Phi) is 5.49. The van der Waals surface area contributed by atoms with Gasteiger partial charge in [-0.05, 0) is 43.4 Å². The van der Waals surface area contributed by atoms with Gasteiger partial charge in [-0.25, -0.2) is 13.1 Å². The van der Waals surface area contributed by atoms with Gasteiger partial charge in [-0.3, -0.25) is 0 Å². The molecule has 0 atom stereocenters. The molecule has 0 amide bonds. The molecular formula is C12H20N2O2S2. The van der Waals surface area contributed by atoms with E-state index in [1.807, 2.05) is 19.2 Å². The predicted octanol–water partition coefficient (Wildman–Crippen LogP) is 1.92. The molecule has 4 nitrogen and oxygen atoms in total. The minimum Gasteiger partial charge on any atom is -0.397 e. The van der Waals surface area contributed by atoms with E-state index < -0.39 is 10.0 Å². The number of aryl methyl sites for hydroxylation is 2. The Morgan fingerprint density at radius 3 is 2.50 bits per heavy atom. The number of hydrogen-bond acceptors (Lipinski definition) is 4. The van der Waals surface area contributed by atoms with Gasteiger partial charge >= 0.3 is 0 Å². The lowest BCUT2D eigenvalue weighted by Crippen LogP contribution is -2.27. The Hall–Kier alpha value is -0.720. The Balaban J connectivity index is 2.95. The van der Waals surface area contributed by atoms with Crippen LogP contribution in [0.4, 0.5) is 5.69 Å². The van der Waals surface area contributed by atoms with Gasteiger partial charge in [0.15, 0.2) is 0 Å². The molecule has 0 heterocycles. The maximum absolute atomic E-state index is 12.2. The van der Waals surface area contributed by atoms with Gasteiger partial charge < -0.3 is 5.73 Å². The van der Waals surface area contributed by atoms with E-state index in [4.69, 9.17) is 5.73 Å².